The number of nitrogens with zero attached hydrogens (tertiary/aromatic N) is 1. The van der Waals surface area contributed by atoms with Crippen molar-refractivity contribution in [3.63, 3.8) is 0 Å². The van der Waals surface area contributed by atoms with Gasteiger partial charge in [0.2, 0.25) is 0 Å². The van der Waals surface area contributed by atoms with E-state index in [0.717, 1.165) is 12.3 Å². The Balaban J connectivity index is 2.12. The molecule has 5 nitrogen and oxygen atoms in total. The van der Waals surface area contributed by atoms with Crippen LogP contribution in [0.15, 0.2) is 60.3 Å². The van der Waals surface area contributed by atoms with E-state index in [2.05, 4.69) is 10.6 Å². The van der Waals surface area contributed by atoms with Gasteiger partial charge in [-0.25, -0.2) is 0 Å². The average Bonchev–Trinajstić information content (AvgIpc) is 2.63. The zero-order chi connectivity index (χ0) is 19.9. The third-order valence-electron chi connectivity index (χ3n) is 3.39. The Morgan fingerprint density at radius 3 is 2.44 bits per heavy atom. The fourth-order valence-corrected chi connectivity index (χ4v) is 2.15. The summed E-state index contributed by atoms with van der Waals surface area (Å²) < 4.78 is 44.2. The molecular weight excluding hydrogens is 359 g/mol. The summed E-state index contributed by atoms with van der Waals surface area (Å²) >= 11 is 0. The summed E-state index contributed by atoms with van der Waals surface area (Å²) in [5.74, 6) is -0.129. The van der Waals surface area contributed by atoms with Crippen LogP contribution in [0.1, 0.15) is 12.5 Å². The highest BCUT2D eigenvalue weighted by atomic mass is 19.4. The molecule has 0 saturated heterocycles. The third-order valence-corrected chi connectivity index (χ3v) is 3.39. The van der Waals surface area contributed by atoms with Gasteiger partial charge in [0, 0.05) is 11.9 Å². The molecule has 0 bridgehead atoms. The van der Waals surface area contributed by atoms with Gasteiger partial charge < -0.3 is 15.4 Å². The maximum Gasteiger partial charge on any atom is 0.418 e. The van der Waals surface area contributed by atoms with Crippen LogP contribution in [0, 0.1) is 11.3 Å². The van der Waals surface area contributed by atoms with Crippen molar-refractivity contribution in [2.45, 2.75) is 13.1 Å². The van der Waals surface area contributed by atoms with Crippen LogP contribution in [0.2, 0.25) is 0 Å². The van der Waals surface area contributed by atoms with Gasteiger partial charge in [-0.1, -0.05) is 12.1 Å². The number of hydrogen-bond donors (Lipinski definition) is 2. The van der Waals surface area contributed by atoms with Crippen LogP contribution in [0.5, 0.6) is 5.75 Å². The Labute approximate surface area is 154 Å². The van der Waals surface area contributed by atoms with E-state index in [4.69, 9.17) is 10.00 Å². The predicted octanol–water partition coefficient (Wildman–Crippen LogP) is 4.56. The minimum Gasteiger partial charge on any atom is -0.494 e. The zero-order valence-corrected chi connectivity index (χ0v) is 14.3. The van der Waals surface area contributed by atoms with E-state index >= 15 is 0 Å². The number of amides is 1. The molecule has 2 aromatic carbocycles. The highest BCUT2D eigenvalue weighted by Gasteiger charge is 2.33. The summed E-state index contributed by atoms with van der Waals surface area (Å²) in [6, 6.07) is 12.9. The first-order chi connectivity index (χ1) is 12.8. The summed E-state index contributed by atoms with van der Waals surface area (Å²) in [5, 5.41) is 14.0. The van der Waals surface area contributed by atoms with Crippen molar-refractivity contribution in [3.05, 3.63) is 65.9 Å². The minimum atomic E-state index is -4.56. The lowest BCUT2D eigenvalue weighted by Crippen LogP contribution is -2.15. The topological polar surface area (TPSA) is 74.1 Å². The molecule has 2 rings (SSSR count). The quantitative estimate of drug-likeness (QED) is 0.573. The average molecular weight is 375 g/mol. The molecule has 1 amide bonds. The molecule has 2 aromatic rings. The smallest absolute Gasteiger partial charge is 0.418 e. The molecule has 0 aliphatic rings. The number of hydrogen-bond acceptors (Lipinski definition) is 4. The first-order valence-corrected chi connectivity index (χ1v) is 7.92. The number of carbonyl (C=O) groups excluding carboxylic acids is 1. The molecule has 0 fully saturated rings. The van der Waals surface area contributed by atoms with Gasteiger partial charge in [0.05, 0.1) is 17.9 Å². The lowest BCUT2D eigenvalue weighted by molar-refractivity contribution is -0.136. The molecule has 0 radical (unpaired) electrons. The molecule has 0 spiro atoms. The number of anilines is 2. The lowest BCUT2D eigenvalue weighted by Gasteiger charge is -2.12. The fraction of sp³-hybridized carbons (Fsp3) is 0.158. The Kier molecular flexibility index (Phi) is 6.44. The summed E-state index contributed by atoms with van der Waals surface area (Å²) in [4.78, 5) is 12.2. The molecule has 140 valence electrons. The Morgan fingerprint density at radius 1 is 1.19 bits per heavy atom. The van der Waals surface area contributed by atoms with E-state index < -0.39 is 17.6 Å². The number of benzene rings is 2. The molecule has 0 aliphatic heterocycles. The first-order valence-electron chi connectivity index (χ1n) is 7.92. The normalized spacial score (nSPS) is 11.4. The maximum atomic E-state index is 13.0. The number of carbonyl (C=O) groups is 1. The largest absolute Gasteiger partial charge is 0.494 e. The SMILES string of the molecule is CCOc1ccc(NC(=O)/C(C#N)=C\Nc2ccccc2C(F)(F)F)cc1. The van der Waals surface area contributed by atoms with Crippen LogP contribution in [0.25, 0.3) is 0 Å². The number of rotatable bonds is 6. The van der Waals surface area contributed by atoms with Crippen molar-refractivity contribution in [3.8, 4) is 11.8 Å². The predicted molar refractivity (Wildman–Crippen MR) is 95.0 cm³/mol. The summed E-state index contributed by atoms with van der Waals surface area (Å²) in [6.45, 7) is 2.34. The standard InChI is InChI=1S/C19H16F3N3O2/c1-2-27-15-9-7-14(8-10-15)25-18(26)13(11-23)12-24-17-6-4-3-5-16(17)19(20,21)22/h3-10,12,24H,2H2,1H3,(H,25,26)/b13-12-. The van der Waals surface area contributed by atoms with Gasteiger partial charge in [-0.15, -0.1) is 0 Å². The van der Waals surface area contributed by atoms with Crippen molar-refractivity contribution >= 4 is 17.3 Å². The number of para-hydroxylation sites is 1. The van der Waals surface area contributed by atoms with Crippen LogP contribution in [0.3, 0.4) is 0 Å². The number of ether oxygens (including phenoxy) is 1. The van der Waals surface area contributed by atoms with Gasteiger partial charge >= 0.3 is 6.18 Å². The second-order valence-electron chi connectivity index (χ2n) is 5.27. The highest BCUT2D eigenvalue weighted by Crippen LogP contribution is 2.34. The summed E-state index contributed by atoms with van der Waals surface area (Å²) in [6.07, 6.45) is -3.62. The van der Waals surface area contributed by atoms with Crippen molar-refractivity contribution < 1.29 is 22.7 Å². The lowest BCUT2D eigenvalue weighted by atomic mass is 10.1. The zero-order valence-electron chi connectivity index (χ0n) is 14.3. The monoisotopic (exact) mass is 375 g/mol. The Morgan fingerprint density at radius 2 is 1.85 bits per heavy atom. The van der Waals surface area contributed by atoms with Crippen LogP contribution >= 0.6 is 0 Å². The fourth-order valence-electron chi connectivity index (χ4n) is 2.15. The second kappa shape index (κ2) is 8.76. The van der Waals surface area contributed by atoms with Gasteiger partial charge in [0.15, 0.2) is 0 Å². The Bertz CT molecular complexity index is 869. The van der Waals surface area contributed by atoms with Gasteiger partial charge in [-0.2, -0.15) is 18.4 Å². The van der Waals surface area contributed by atoms with E-state index in [1.165, 1.54) is 18.2 Å². The number of nitrogens with one attached hydrogen (secondary N) is 2. The maximum absolute atomic E-state index is 13.0. The molecule has 0 saturated carbocycles. The van der Waals surface area contributed by atoms with Gasteiger partial charge in [-0.3, -0.25) is 4.79 Å². The van der Waals surface area contributed by atoms with Crippen molar-refractivity contribution in [2.24, 2.45) is 0 Å². The molecule has 0 aliphatic carbocycles. The van der Waals surface area contributed by atoms with E-state index in [9.17, 15) is 18.0 Å². The van der Waals surface area contributed by atoms with Crippen LogP contribution in [-0.2, 0) is 11.0 Å². The number of nitriles is 1. The Hall–Kier alpha value is -3.47. The number of halogens is 3. The summed E-state index contributed by atoms with van der Waals surface area (Å²) in [5.41, 5.74) is -1.11. The van der Waals surface area contributed by atoms with Gasteiger partial charge in [-0.05, 0) is 43.3 Å². The summed E-state index contributed by atoms with van der Waals surface area (Å²) in [7, 11) is 0. The first kappa shape index (κ1) is 19.8. The van der Waals surface area contributed by atoms with Crippen molar-refractivity contribution in [2.75, 3.05) is 17.2 Å². The molecule has 8 heteroatoms. The molecular formula is C19H16F3N3O2. The van der Waals surface area contributed by atoms with Crippen LogP contribution in [-0.4, -0.2) is 12.5 Å². The van der Waals surface area contributed by atoms with Crippen molar-refractivity contribution in [1.82, 2.24) is 0 Å². The van der Waals surface area contributed by atoms with Gasteiger partial charge in [0.25, 0.3) is 5.91 Å². The van der Waals surface area contributed by atoms with Crippen LogP contribution < -0.4 is 15.4 Å². The minimum absolute atomic E-state index is 0.258. The van der Waals surface area contributed by atoms with Crippen molar-refractivity contribution in [1.29, 1.82) is 5.26 Å². The number of alkyl halides is 3. The molecule has 0 aromatic heterocycles. The third kappa shape index (κ3) is 5.51. The molecule has 0 heterocycles. The molecule has 0 unspecified atom stereocenters. The molecule has 27 heavy (non-hydrogen) atoms. The van der Waals surface area contributed by atoms with E-state index in [1.54, 1.807) is 30.3 Å². The van der Waals surface area contributed by atoms with E-state index in [-0.39, 0.29) is 11.3 Å². The second-order valence-corrected chi connectivity index (χ2v) is 5.27. The molecule has 2 N–H and O–H groups in total. The van der Waals surface area contributed by atoms with Crippen LogP contribution in [0.4, 0.5) is 24.5 Å². The van der Waals surface area contributed by atoms with Gasteiger partial charge in [0.1, 0.15) is 17.4 Å². The van der Waals surface area contributed by atoms with E-state index in [0.29, 0.717) is 18.0 Å². The highest BCUT2D eigenvalue weighted by molar-refractivity contribution is 6.06. The van der Waals surface area contributed by atoms with E-state index in [1.807, 2.05) is 6.92 Å². The molecule has 0 atom stereocenters.